The zero-order chi connectivity index (χ0) is 14.7. The molecule has 0 aliphatic carbocycles. The molecule has 0 radical (unpaired) electrons. The zero-order valence-electron chi connectivity index (χ0n) is 12.2. The lowest BCUT2D eigenvalue weighted by Crippen LogP contribution is -2.29. The summed E-state index contributed by atoms with van der Waals surface area (Å²) in [5.41, 5.74) is 5.86. The van der Waals surface area contributed by atoms with E-state index in [1.54, 1.807) is 12.0 Å². The largest absolute Gasteiger partial charge is 0.382 e. The maximum atomic E-state index is 12.4. The van der Waals surface area contributed by atoms with Crippen molar-refractivity contribution in [2.45, 2.75) is 26.4 Å². The Hall–Kier alpha value is -1.34. The molecule has 1 fully saturated rings. The predicted molar refractivity (Wildman–Crippen MR) is 81.2 cm³/mol. The van der Waals surface area contributed by atoms with Crippen LogP contribution < -0.4 is 11.1 Å². The highest BCUT2D eigenvalue weighted by molar-refractivity contribution is 7.18. The maximum absolute atomic E-state index is 12.4. The first kappa shape index (κ1) is 15.1. The summed E-state index contributed by atoms with van der Waals surface area (Å²) in [6.45, 7) is 6.39. The zero-order valence-corrected chi connectivity index (χ0v) is 13.0. The molecule has 0 saturated carbocycles. The Kier molecular flexibility index (Phi) is 4.82. The highest BCUT2D eigenvalue weighted by atomic mass is 32.1. The number of rotatable bonds is 5. The first-order valence-electron chi connectivity index (χ1n) is 6.83. The normalized spacial score (nSPS) is 18.8. The minimum atomic E-state index is -0.0443. The van der Waals surface area contributed by atoms with E-state index < -0.39 is 0 Å². The van der Waals surface area contributed by atoms with E-state index in [-0.39, 0.29) is 12.0 Å². The minimum absolute atomic E-state index is 0.0443. The van der Waals surface area contributed by atoms with E-state index in [0.717, 1.165) is 13.0 Å². The van der Waals surface area contributed by atoms with Gasteiger partial charge in [0.25, 0.3) is 5.91 Å². The Bertz CT molecular complexity index is 475. The lowest BCUT2D eigenvalue weighted by atomic mass is 10.2. The van der Waals surface area contributed by atoms with Crippen LogP contribution in [0.15, 0.2) is 0 Å². The molecule has 2 rings (SSSR count). The van der Waals surface area contributed by atoms with Crippen LogP contribution in [-0.4, -0.2) is 48.6 Å². The van der Waals surface area contributed by atoms with Gasteiger partial charge in [0.05, 0.1) is 6.10 Å². The number of nitrogen functional groups attached to an aromatic ring is 1. The molecule has 112 valence electrons. The number of ether oxygens (including phenoxy) is 1. The Balaban J connectivity index is 2.03. The van der Waals surface area contributed by atoms with E-state index in [0.29, 0.717) is 34.8 Å². The number of methoxy groups -OCH3 is 1. The van der Waals surface area contributed by atoms with Crippen molar-refractivity contribution in [2.75, 3.05) is 37.8 Å². The summed E-state index contributed by atoms with van der Waals surface area (Å²) >= 11 is 1.33. The Labute approximate surface area is 123 Å². The Morgan fingerprint density at radius 1 is 1.65 bits per heavy atom. The summed E-state index contributed by atoms with van der Waals surface area (Å²) in [6, 6.07) is 0. The summed E-state index contributed by atoms with van der Waals surface area (Å²) in [5, 5.41) is 3.91. The van der Waals surface area contributed by atoms with Gasteiger partial charge in [0.1, 0.15) is 10.7 Å². The monoisotopic (exact) mass is 298 g/mol. The number of hydrogen-bond acceptors (Lipinski definition) is 6. The summed E-state index contributed by atoms with van der Waals surface area (Å²) in [6.07, 6.45) is 1.01. The van der Waals surface area contributed by atoms with Gasteiger partial charge in [-0.05, 0) is 12.3 Å². The molecule has 1 aromatic rings. The molecule has 1 aliphatic heterocycles. The number of amides is 1. The first-order valence-corrected chi connectivity index (χ1v) is 7.65. The molecule has 1 aromatic heterocycles. The van der Waals surface area contributed by atoms with Gasteiger partial charge in [-0.15, -0.1) is 0 Å². The molecule has 2 heterocycles. The molecule has 6 nitrogen and oxygen atoms in total. The molecule has 1 amide bonds. The maximum Gasteiger partial charge on any atom is 0.267 e. The fourth-order valence-corrected chi connectivity index (χ4v) is 2.96. The van der Waals surface area contributed by atoms with Crippen molar-refractivity contribution in [1.82, 2.24) is 9.88 Å². The fraction of sp³-hybridized carbons (Fsp3) is 0.692. The number of anilines is 2. The van der Waals surface area contributed by atoms with Crippen molar-refractivity contribution in [3.05, 3.63) is 4.88 Å². The molecular formula is C13H22N4O2S. The second kappa shape index (κ2) is 6.41. The van der Waals surface area contributed by atoms with E-state index in [4.69, 9.17) is 10.5 Å². The third kappa shape index (κ3) is 3.40. The summed E-state index contributed by atoms with van der Waals surface area (Å²) in [7, 11) is 1.67. The van der Waals surface area contributed by atoms with Gasteiger partial charge in [0.2, 0.25) is 0 Å². The molecule has 20 heavy (non-hydrogen) atoms. The molecule has 1 atom stereocenters. The Morgan fingerprint density at radius 2 is 2.40 bits per heavy atom. The van der Waals surface area contributed by atoms with E-state index in [1.807, 2.05) is 0 Å². The second-order valence-corrected chi connectivity index (χ2v) is 6.40. The lowest BCUT2D eigenvalue weighted by Gasteiger charge is -2.14. The highest BCUT2D eigenvalue weighted by Crippen LogP contribution is 2.28. The molecule has 1 unspecified atom stereocenters. The van der Waals surface area contributed by atoms with Gasteiger partial charge in [-0.3, -0.25) is 4.79 Å². The molecule has 7 heteroatoms. The van der Waals surface area contributed by atoms with Crippen LogP contribution in [0.1, 0.15) is 29.9 Å². The summed E-state index contributed by atoms with van der Waals surface area (Å²) < 4.78 is 5.28. The van der Waals surface area contributed by atoms with Crippen molar-refractivity contribution in [1.29, 1.82) is 0 Å². The standard InChI is InChI=1S/C13H22N4O2S/c1-8(2)6-15-13-16-11(14)10(20-13)12(18)17-5-4-9(7-17)19-3/h8-9H,4-7,14H2,1-3H3,(H,15,16). The Morgan fingerprint density at radius 3 is 3.00 bits per heavy atom. The van der Waals surface area contributed by atoms with Crippen molar-refractivity contribution in [2.24, 2.45) is 5.92 Å². The molecule has 0 spiro atoms. The molecule has 1 saturated heterocycles. The number of thiazole rings is 1. The van der Waals surface area contributed by atoms with Crippen LogP contribution in [0.3, 0.4) is 0 Å². The van der Waals surface area contributed by atoms with Crippen molar-refractivity contribution in [3.8, 4) is 0 Å². The fourth-order valence-electron chi connectivity index (χ4n) is 2.10. The van der Waals surface area contributed by atoms with Crippen LogP contribution in [0.5, 0.6) is 0 Å². The molecular weight excluding hydrogens is 276 g/mol. The number of aromatic nitrogens is 1. The number of hydrogen-bond donors (Lipinski definition) is 2. The molecule has 0 aromatic carbocycles. The van der Waals surface area contributed by atoms with Gasteiger partial charge in [-0.25, -0.2) is 4.98 Å². The van der Waals surface area contributed by atoms with Crippen molar-refractivity contribution < 1.29 is 9.53 Å². The summed E-state index contributed by atoms with van der Waals surface area (Å²) in [5.74, 6) is 0.782. The average molecular weight is 298 g/mol. The van der Waals surface area contributed by atoms with Crippen molar-refractivity contribution >= 4 is 28.2 Å². The molecule has 3 N–H and O–H groups in total. The topological polar surface area (TPSA) is 80.5 Å². The second-order valence-electron chi connectivity index (χ2n) is 5.41. The summed E-state index contributed by atoms with van der Waals surface area (Å²) in [4.78, 5) is 18.9. The van der Waals surface area contributed by atoms with Gasteiger partial charge in [-0.1, -0.05) is 25.2 Å². The van der Waals surface area contributed by atoms with Crippen LogP contribution in [-0.2, 0) is 4.74 Å². The third-order valence-electron chi connectivity index (χ3n) is 3.27. The predicted octanol–water partition coefficient (Wildman–Crippen LogP) is 1.65. The quantitative estimate of drug-likeness (QED) is 0.864. The van der Waals surface area contributed by atoms with Crippen LogP contribution >= 0.6 is 11.3 Å². The smallest absolute Gasteiger partial charge is 0.267 e. The number of likely N-dealkylation sites (tertiary alicyclic amines) is 1. The lowest BCUT2D eigenvalue weighted by molar-refractivity contribution is 0.0729. The van der Waals surface area contributed by atoms with Gasteiger partial charge < -0.3 is 20.7 Å². The van der Waals surface area contributed by atoms with E-state index in [1.165, 1.54) is 11.3 Å². The van der Waals surface area contributed by atoms with Gasteiger partial charge in [0, 0.05) is 26.7 Å². The van der Waals surface area contributed by atoms with Crippen LogP contribution in [0, 0.1) is 5.92 Å². The highest BCUT2D eigenvalue weighted by Gasteiger charge is 2.29. The molecule has 1 aliphatic rings. The number of carbonyl (C=O) groups is 1. The average Bonchev–Trinajstić information content (AvgIpc) is 3.02. The van der Waals surface area contributed by atoms with Crippen LogP contribution in [0.2, 0.25) is 0 Å². The first-order chi connectivity index (χ1) is 9.51. The number of nitrogens with two attached hydrogens (primary N) is 1. The van der Waals surface area contributed by atoms with Crippen molar-refractivity contribution in [3.63, 3.8) is 0 Å². The number of nitrogens with one attached hydrogen (secondary N) is 1. The van der Waals surface area contributed by atoms with Gasteiger partial charge >= 0.3 is 0 Å². The van der Waals surface area contributed by atoms with E-state index >= 15 is 0 Å². The SMILES string of the molecule is COC1CCN(C(=O)c2sc(NCC(C)C)nc2N)C1. The number of nitrogens with zero attached hydrogens (tertiary/aromatic N) is 2. The van der Waals surface area contributed by atoms with E-state index in [2.05, 4.69) is 24.1 Å². The minimum Gasteiger partial charge on any atom is -0.382 e. The van der Waals surface area contributed by atoms with Crippen LogP contribution in [0.25, 0.3) is 0 Å². The third-order valence-corrected chi connectivity index (χ3v) is 4.29. The van der Waals surface area contributed by atoms with Crippen LogP contribution in [0.4, 0.5) is 10.9 Å². The van der Waals surface area contributed by atoms with E-state index in [9.17, 15) is 4.79 Å². The van der Waals surface area contributed by atoms with Gasteiger partial charge in [0.15, 0.2) is 5.13 Å². The van der Waals surface area contributed by atoms with Gasteiger partial charge in [-0.2, -0.15) is 0 Å². The number of carbonyl (C=O) groups excluding carboxylic acids is 1. The molecule has 0 bridgehead atoms.